The third-order valence-electron chi connectivity index (χ3n) is 5.25. The quantitative estimate of drug-likeness (QED) is 0.495. The molecule has 140 valence electrons. The number of hydrogen-bond acceptors (Lipinski definition) is 2. The van der Waals surface area contributed by atoms with Gasteiger partial charge in [0.25, 0.3) is 0 Å². The highest BCUT2D eigenvalue weighted by Crippen LogP contribution is 2.28. The second-order valence-corrected chi connectivity index (χ2v) is 8.02. The van der Waals surface area contributed by atoms with E-state index in [-0.39, 0.29) is 0 Å². The van der Waals surface area contributed by atoms with Crippen molar-refractivity contribution in [2.45, 2.75) is 32.9 Å². The zero-order chi connectivity index (χ0) is 18.8. The second-order valence-electron chi connectivity index (χ2n) is 7.22. The van der Waals surface area contributed by atoms with Gasteiger partial charge in [0.1, 0.15) is 0 Å². The number of para-hydroxylation sites is 1. The zero-order valence-corrected chi connectivity index (χ0v) is 17.1. The van der Waals surface area contributed by atoms with Gasteiger partial charge in [0.05, 0.1) is 18.1 Å². The third kappa shape index (κ3) is 3.88. The van der Waals surface area contributed by atoms with Crippen LogP contribution in [0.25, 0.3) is 16.9 Å². The Hall–Kier alpha value is -1.88. The SMILES string of the molecule is Cc1ccccc1-n1c(-c2ccc(Cl)cc2)cn(CN2CCCCC2)c1=S. The van der Waals surface area contributed by atoms with Crippen LogP contribution in [0, 0.1) is 11.7 Å². The van der Waals surface area contributed by atoms with Crippen molar-refractivity contribution in [3.05, 3.63) is 70.1 Å². The molecule has 0 spiro atoms. The van der Waals surface area contributed by atoms with E-state index in [4.69, 9.17) is 23.8 Å². The van der Waals surface area contributed by atoms with Crippen molar-refractivity contribution in [3.63, 3.8) is 0 Å². The molecule has 27 heavy (non-hydrogen) atoms. The average Bonchev–Trinajstić information content (AvgIpc) is 3.00. The predicted molar refractivity (Wildman–Crippen MR) is 115 cm³/mol. The molecule has 0 saturated carbocycles. The Kier molecular flexibility index (Phi) is 5.48. The van der Waals surface area contributed by atoms with Crippen molar-refractivity contribution in [1.29, 1.82) is 0 Å². The summed E-state index contributed by atoms with van der Waals surface area (Å²) in [4.78, 5) is 2.49. The molecule has 1 aliphatic rings. The van der Waals surface area contributed by atoms with Crippen LogP contribution in [0.1, 0.15) is 24.8 Å². The topological polar surface area (TPSA) is 13.1 Å². The van der Waals surface area contributed by atoms with Crippen molar-refractivity contribution < 1.29 is 0 Å². The number of likely N-dealkylation sites (tertiary alicyclic amines) is 1. The maximum Gasteiger partial charge on any atom is 0.186 e. The maximum absolute atomic E-state index is 6.11. The van der Waals surface area contributed by atoms with Crippen LogP contribution < -0.4 is 0 Å². The number of imidazole rings is 1. The molecule has 1 aliphatic heterocycles. The van der Waals surface area contributed by atoms with Gasteiger partial charge in [0, 0.05) is 16.8 Å². The summed E-state index contributed by atoms with van der Waals surface area (Å²) in [7, 11) is 0. The number of hydrogen-bond donors (Lipinski definition) is 0. The van der Waals surface area contributed by atoms with Crippen molar-refractivity contribution in [1.82, 2.24) is 14.0 Å². The van der Waals surface area contributed by atoms with Gasteiger partial charge >= 0.3 is 0 Å². The fourth-order valence-electron chi connectivity index (χ4n) is 3.78. The second kappa shape index (κ2) is 8.01. The van der Waals surface area contributed by atoms with E-state index in [0.29, 0.717) is 0 Å². The molecule has 0 radical (unpaired) electrons. The van der Waals surface area contributed by atoms with Crippen LogP contribution in [0.2, 0.25) is 5.02 Å². The normalized spacial score (nSPS) is 15.2. The van der Waals surface area contributed by atoms with Crippen LogP contribution in [0.4, 0.5) is 0 Å². The molecule has 3 aromatic rings. The molecule has 5 heteroatoms. The van der Waals surface area contributed by atoms with Crippen LogP contribution >= 0.6 is 23.8 Å². The van der Waals surface area contributed by atoms with Gasteiger partial charge < -0.3 is 4.57 Å². The van der Waals surface area contributed by atoms with Gasteiger partial charge in [0.2, 0.25) is 0 Å². The molecular formula is C22H24ClN3S. The zero-order valence-electron chi connectivity index (χ0n) is 15.6. The Morgan fingerprint density at radius 1 is 0.963 bits per heavy atom. The van der Waals surface area contributed by atoms with Gasteiger partial charge in [0.15, 0.2) is 4.77 Å². The molecule has 1 aromatic heterocycles. The number of halogens is 1. The van der Waals surface area contributed by atoms with Crippen LogP contribution in [0.15, 0.2) is 54.7 Å². The Bertz CT molecular complexity index is 982. The summed E-state index contributed by atoms with van der Waals surface area (Å²) in [6.45, 7) is 5.27. The van der Waals surface area contributed by atoms with Gasteiger partial charge in [-0.1, -0.05) is 48.4 Å². The maximum atomic E-state index is 6.11. The summed E-state index contributed by atoms with van der Waals surface area (Å²) < 4.78 is 5.23. The lowest BCUT2D eigenvalue weighted by molar-refractivity contribution is 0.181. The van der Waals surface area contributed by atoms with E-state index in [1.807, 2.05) is 12.1 Å². The van der Waals surface area contributed by atoms with E-state index in [9.17, 15) is 0 Å². The first-order valence-electron chi connectivity index (χ1n) is 9.50. The molecule has 3 nitrogen and oxygen atoms in total. The van der Waals surface area contributed by atoms with Gasteiger partial charge in [-0.2, -0.15) is 0 Å². The summed E-state index contributed by atoms with van der Waals surface area (Å²) >= 11 is 12.0. The number of nitrogens with zero attached hydrogens (tertiary/aromatic N) is 3. The first-order chi connectivity index (χ1) is 13.1. The van der Waals surface area contributed by atoms with Crippen LogP contribution in [0.5, 0.6) is 0 Å². The van der Waals surface area contributed by atoms with Crippen LogP contribution in [-0.2, 0) is 6.67 Å². The highest BCUT2D eigenvalue weighted by Gasteiger charge is 2.17. The predicted octanol–water partition coefficient (Wildman–Crippen LogP) is 6.08. The van der Waals surface area contributed by atoms with E-state index < -0.39 is 0 Å². The molecule has 2 heterocycles. The van der Waals surface area contributed by atoms with E-state index in [1.165, 1.54) is 24.8 Å². The fraction of sp³-hybridized carbons (Fsp3) is 0.318. The summed E-state index contributed by atoms with van der Waals surface area (Å²) in [6, 6.07) is 16.4. The molecule has 0 aliphatic carbocycles. The van der Waals surface area contributed by atoms with Gasteiger partial charge in [-0.15, -0.1) is 0 Å². The molecule has 1 saturated heterocycles. The van der Waals surface area contributed by atoms with E-state index in [1.54, 1.807) is 0 Å². The Balaban J connectivity index is 1.83. The number of piperidine rings is 1. The highest BCUT2D eigenvalue weighted by atomic mass is 35.5. The molecule has 1 fully saturated rings. The van der Waals surface area contributed by atoms with Crippen molar-refractivity contribution >= 4 is 23.8 Å². The molecule has 4 rings (SSSR count). The molecular weight excluding hydrogens is 374 g/mol. The molecule has 0 unspecified atom stereocenters. The number of aryl methyl sites for hydroxylation is 1. The Morgan fingerprint density at radius 2 is 1.67 bits per heavy atom. The first-order valence-corrected chi connectivity index (χ1v) is 10.3. The van der Waals surface area contributed by atoms with Gasteiger partial charge in [-0.25, -0.2) is 0 Å². The average molecular weight is 398 g/mol. The lowest BCUT2D eigenvalue weighted by atomic mass is 10.1. The van der Waals surface area contributed by atoms with Crippen molar-refractivity contribution in [3.8, 4) is 16.9 Å². The summed E-state index contributed by atoms with van der Waals surface area (Å²) in [5.74, 6) is 0. The minimum atomic E-state index is 0.743. The van der Waals surface area contributed by atoms with E-state index in [0.717, 1.165) is 46.5 Å². The summed E-state index contributed by atoms with van der Waals surface area (Å²) in [5, 5.41) is 0.743. The number of aromatic nitrogens is 2. The Labute approximate surface area is 170 Å². The molecule has 0 N–H and O–H groups in total. The van der Waals surface area contributed by atoms with Gasteiger partial charge in [-0.3, -0.25) is 9.47 Å². The lowest BCUT2D eigenvalue weighted by Gasteiger charge is -2.26. The van der Waals surface area contributed by atoms with E-state index >= 15 is 0 Å². The largest absolute Gasteiger partial charge is 0.309 e. The summed E-state index contributed by atoms with van der Waals surface area (Å²) in [5.41, 5.74) is 4.55. The minimum Gasteiger partial charge on any atom is -0.309 e. The molecule has 2 aromatic carbocycles. The van der Waals surface area contributed by atoms with Crippen LogP contribution in [0.3, 0.4) is 0 Å². The molecule has 0 atom stereocenters. The first kappa shape index (κ1) is 18.5. The third-order valence-corrected chi connectivity index (χ3v) is 5.92. The smallest absolute Gasteiger partial charge is 0.186 e. The number of benzene rings is 2. The lowest BCUT2D eigenvalue weighted by Crippen LogP contribution is -2.31. The van der Waals surface area contributed by atoms with Gasteiger partial charge in [-0.05, 0) is 68.8 Å². The standard InChI is InChI=1S/C22H24ClN3S/c1-17-7-3-4-8-20(17)26-21(18-9-11-19(23)12-10-18)15-25(22(26)27)16-24-13-5-2-6-14-24/h3-4,7-12,15H,2,5-6,13-14,16H2,1H3. The van der Waals surface area contributed by atoms with Crippen molar-refractivity contribution in [2.24, 2.45) is 0 Å². The van der Waals surface area contributed by atoms with Crippen LogP contribution in [-0.4, -0.2) is 27.1 Å². The monoisotopic (exact) mass is 397 g/mol. The highest BCUT2D eigenvalue weighted by molar-refractivity contribution is 7.71. The Morgan fingerprint density at radius 3 is 2.37 bits per heavy atom. The number of rotatable bonds is 4. The summed E-state index contributed by atoms with van der Waals surface area (Å²) in [6.07, 6.45) is 6.07. The minimum absolute atomic E-state index is 0.743. The fourth-order valence-corrected chi connectivity index (χ4v) is 4.21. The van der Waals surface area contributed by atoms with Crippen molar-refractivity contribution in [2.75, 3.05) is 13.1 Å². The van der Waals surface area contributed by atoms with E-state index in [2.05, 4.69) is 63.6 Å². The molecule has 0 amide bonds. The molecule has 0 bridgehead atoms.